The minimum atomic E-state index is -0.510. The SMILES string of the molecule is CC(=O)C(=O)COCS. The highest BCUT2D eigenvalue weighted by molar-refractivity contribution is 7.80. The van der Waals surface area contributed by atoms with Gasteiger partial charge >= 0.3 is 0 Å². The number of carbonyl (C=O) groups is 2. The van der Waals surface area contributed by atoms with E-state index >= 15 is 0 Å². The smallest absolute Gasteiger partial charge is 0.223 e. The molecule has 0 saturated carbocycles. The Balaban J connectivity index is 3.39. The Morgan fingerprint density at radius 3 is 2.44 bits per heavy atom. The predicted octanol–water partition coefficient (Wildman–Crippen LogP) is 0.0484. The summed E-state index contributed by atoms with van der Waals surface area (Å²) >= 11 is 3.68. The molecular formula is C5H8O3S. The second-order valence-corrected chi connectivity index (χ2v) is 1.72. The van der Waals surface area contributed by atoms with Crippen molar-refractivity contribution in [2.45, 2.75) is 6.92 Å². The summed E-state index contributed by atoms with van der Waals surface area (Å²) in [6, 6.07) is 0. The van der Waals surface area contributed by atoms with Crippen molar-refractivity contribution in [3.05, 3.63) is 0 Å². The molecule has 0 amide bonds. The van der Waals surface area contributed by atoms with Crippen LogP contribution in [0.2, 0.25) is 0 Å². The third-order valence-corrected chi connectivity index (χ3v) is 0.900. The minimum absolute atomic E-state index is 0.154. The summed E-state index contributed by atoms with van der Waals surface area (Å²) in [5.74, 6) is -0.820. The summed E-state index contributed by atoms with van der Waals surface area (Å²) in [5, 5.41) is 0. The number of rotatable bonds is 4. The van der Waals surface area contributed by atoms with E-state index in [1.54, 1.807) is 0 Å². The zero-order valence-electron chi connectivity index (χ0n) is 5.09. The molecule has 0 bridgehead atoms. The standard InChI is InChI=1S/C5H8O3S/c1-4(6)5(7)2-8-3-9/h9H,2-3H2,1H3. The van der Waals surface area contributed by atoms with Crippen LogP contribution in [0, 0.1) is 0 Å². The second-order valence-electron chi connectivity index (χ2n) is 1.46. The molecule has 0 fully saturated rings. The number of hydrogen-bond acceptors (Lipinski definition) is 4. The van der Waals surface area contributed by atoms with Crippen molar-refractivity contribution in [2.75, 3.05) is 12.5 Å². The fourth-order valence-electron chi connectivity index (χ4n) is 0.240. The fraction of sp³-hybridized carbons (Fsp3) is 0.600. The number of hydrogen-bond donors (Lipinski definition) is 1. The van der Waals surface area contributed by atoms with E-state index < -0.39 is 11.6 Å². The zero-order chi connectivity index (χ0) is 7.28. The fourth-order valence-corrected chi connectivity index (χ4v) is 0.331. The van der Waals surface area contributed by atoms with Gasteiger partial charge in [0.05, 0.1) is 5.94 Å². The maximum atomic E-state index is 10.4. The van der Waals surface area contributed by atoms with E-state index in [9.17, 15) is 9.59 Å². The Morgan fingerprint density at radius 2 is 2.11 bits per heavy atom. The van der Waals surface area contributed by atoms with Crippen molar-refractivity contribution in [3.8, 4) is 0 Å². The van der Waals surface area contributed by atoms with E-state index in [1.165, 1.54) is 6.92 Å². The van der Waals surface area contributed by atoms with Crippen LogP contribution in [0.5, 0.6) is 0 Å². The van der Waals surface area contributed by atoms with Gasteiger partial charge in [0, 0.05) is 6.92 Å². The Bertz CT molecular complexity index is 121. The second kappa shape index (κ2) is 4.52. The van der Waals surface area contributed by atoms with E-state index in [2.05, 4.69) is 17.4 Å². The van der Waals surface area contributed by atoms with Crippen LogP contribution in [-0.2, 0) is 14.3 Å². The van der Waals surface area contributed by atoms with Crippen LogP contribution in [-0.4, -0.2) is 24.1 Å². The quantitative estimate of drug-likeness (QED) is 0.348. The molecular weight excluding hydrogens is 140 g/mol. The summed E-state index contributed by atoms with van der Waals surface area (Å²) < 4.78 is 4.55. The van der Waals surface area contributed by atoms with Gasteiger partial charge in [0.15, 0.2) is 5.78 Å². The van der Waals surface area contributed by atoms with Crippen LogP contribution >= 0.6 is 12.6 Å². The molecule has 0 aromatic rings. The maximum absolute atomic E-state index is 10.4. The maximum Gasteiger partial charge on any atom is 0.223 e. The predicted molar refractivity (Wildman–Crippen MR) is 35.5 cm³/mol. The van der Waals surface area contributed by atoms with Gasteiger partial charge in [-0.15, -0.1) is 0 Å². The van der Waals surface area contributed by atoms with Crippen molar-refractivity contribution in [2.24, 2.45) is 0 Å². The first-order valence-corrected chi connectivity index (χ1v) is 3.04. The molecule has 3 nitrogen and oxygen atoms in total. The first kappa shape index (κ1) is 8.65. The molecule has 0 N–H and O–H groups in total. The molecule has 0 unspecified atom stereocenters. The molecule has 0 aliphatic heterocycles. The highest BCUT2D eigenvalue weighted by atomic mass is 32.1. The number of ether oxygens (including phenoxy) is 1. The van der Waals surface area contributed by atoms with Gasteiger partial charge in [-0.3, -0.25) is 9.59 Å². The van der Waals surface area contributed by atoms with Gasteiger partial charge in [-0.25, -0.2) is 0 Å². The Morgan fingerprint density at radius 1 is 1.56 bits per heavy atom. The molecule has 0 aliphatic rings. The van der Waals surface area contributed by atoms with E-state index in [0.29, 0.717) is 0 Å². The lowest BCUT2D eigenvalue weighted by molar-refractivity contribution is -0.137. The lowest BCUT2D eigenvalue weighted by Crippen LogP contribution is -2.15. The minimum Gasteiger partial charge on any atom is -0.363 e. The molecule has 0 spiro atoms. The summed E-state index contributed by atoms with van der Waals surface area (Å²) in [4.78, 5) is 20.6. The highest BCUT2D eigenvalue weighted by Gasteiger charge is 2.05. The number of Topliss-reactive ketones (excluding diaryl/α,β-unsaturated/α-hetero) is 2. The van der Waals surface area contributed by atoms with Crippen LogP contribution < -0.4 is 0 Å². The third-order valence-electron chi connectivity index (χ3n) is 0.717. The monoisotopic (exact) mass is 148 g/mol. The van der Waals surface area contributed by atoms with E-state index in [4.69, 9.17) is 0 Å². The number of thiol groups is 1. The third kappa shape index (κ3) is 4.17. The van der Waals surface area contributed by atoms with E-state index in [0.717, 1.165) is 0 Å². The molecule has 0 aromatic carbocycles. The van der Waals surface area contributed by atoms with Crippen LogP contribution in [0.4, 0.5) is 0 Å². The molecule has 0 atom stereocenters. The summed E-state index contributed by atoms with van der Waals surface area (Å²) in [7, 11) is 0. The van der Waals surface area contributed by atoms with Gasteiger partial charge in [-0.1, -0.05) is 0 Å². The molecule has 0 saturated heterocycles. The molecule has 0 rings (SSSR count). The van der Waals surface area contributed by atoms with Gasteiger partial charge in [0.2, 0.25) is 5.78 Å². The lowest BCUT2D eigenvalue weighted by Gasteiger charge is -1.93. The molecule has 0 aromatic heterocycles. The summed E-state index contributed by atoms with van der Waals surface area (Å²) in [6.07, 6.45) is 0. The zero-order valence-corrected chi connectivity index (χ0v) is 5.98. The average Bonchev–Trinajstić information content (AvgIpc) is 1.82. The van der Waals surface area contributed by atoms with Gasteiger partial charge in [0.1, 0.15) is 6.61 Å². The van der Waals surface area contributed by atoms with Crippen molar-refractivity contribution < 1.29 is 14.3 Å². The van der Waals surface area contributed by atoms with Crippen molar-refractivity contribution in [1.29, 1.82) is 0 Å². The van der Waals surface area contributed by atoms with Crippen molar-refractivity contribution >= 4 is 24.2 Å². The van der Waals surface area contributed by atoms with Gasteiger partial charge in [-0.05, 0) is 0 Å². The normalized spacial score (nSPS) is 9.11. The molecule has 9 heavy (non-hydrogen) atoms. The Hall–Kier alpha value is -0.350. The first-order valence-electron chi connectivity index (χ1n) is 2.41. The summed E-state index contributed by atoms with van der Waals surface area (Å²) in [6.45, 7) is 1.06. The summed E-state index contributed by atoms with van der Waals surface area (Å²) in [5.41, 5.74) is 0. The van der Waals surface area contributed by atoms with Gasteiger partial charge in [0.25, 0.3) is 0 Å². The van der Waals surface area contributed by atoms with Gasteiger partial charge < -0.3 is 4.74 Å². The van der Waals surface area contributed by atoms with E-state index in [1.807, 2.05) is 0 Å². The van der Waals surface area contributed by atoms with Crippen molar-refractivity contribution in [1.82, 2.24) is 0 Å². The Labute approximate surface area is 58.8 Å². The van der Waals surface area contributed by atoms with Crippen LogP contribution in [0.3, 0.4) is 0 Å². The number of carbonyl (C=O) groups excluding carboxylic acids is 2. The molecule has 0 heterocycles. The van der Waals surface area contributed by atoms with Crippen LogP contribution in [0.1, 0.15) is 6.92 Å². The topological polar surface area (TPSA) is 43.4 Å². The lowest BCUT2D eigenvalue weighted by atomic mass is 10.3. The number of ketones is 2. The first-order chi connectivity index (χ1) is 4.18. The van der Waals surface area contributed by atoms with Crippen LogP contribution in [0.15, 0.2) is 0 Å². The Kier molecular flexibility index (Phi) is 4.35. The van der Waals surface area contributed by atoms with E-state index in [-0.39, 0.29) is 12.5 Å². The largest absolute Gasteiger partial charge is 0.363 e. The molecule has 52 valence electrons. The molecule has 4 heteroatoms. The average molecular weight is 148 g/mol. The van der Waals surface area contributed by atoms with Crippen LogP contribution in [0.25, 0.3) is 0 Å². The van der Waals surface area contributed by atoms with Crippen molar-refractivity contribution in [3.63, 3.8) is 0 Å². The molecule has 0 radical (unpaired) electrons. The van der Waals surface area contributed by atoms with Gasteiger partial charge in [-0.2, -0.15) is 12.6 Å². The highest BCUT2D eigenvalue weighted by Crippen LogP contribution is 1.81. The molecule has 0 aliphatic carbocycles.